The average Bonchev–Trinajstić information content (AvgIpc) is 3.04. The highest BCUT2D eigenvalue weighted by Crippen LogP contribution is 2.40. The van der Waals surface area contributed by atoms with Gasteiger partial charge in [0, 0.05) is 17.9 Å². The van der Waals surface area contributed by atoms with Gasteiger partial charge in [-0.2, -0.15) is 0 Å². The van der Waals surface area contributed by atoms with Gasteiger partial charge < -0.3 is 24.7 Å². The van der Waals surface area contributed by atoms with Gasteiger partial charge >= 0.3 is 5.97 Å². The summed E-state index contributed by atoms with van der Waals surface area (Å²) < 4.78 is 20.9. The minimum atomic E-state index is -0.614. The van der Waals surface area contributed by atoms with Gasteiger partial charge in [0.2, 0.25) is 11.7 Å². The van der Waals surface area contributed by atoms with Crippen LogP contribution in [0.25, 0.3) is 0 Å². The molecular weight excluding hydrogens is 324 g/mol. The SMILES string of the molecule is COc1cc(OC(=O)C2CSC(C(N)=O)N2)cc(OC)c1OC. The molecule has 9 heteroatoms. The lowest BCUT2D eigenvalue weighted by molar-refractivity contribution is -0.136. The van der Waals surface area contributed by atoms with Crippen LogP contribution in [0.1, 0.15) is 0 Å². The molecule has 0 spiro atoms. The van der Waals surface area contributed by atoms with E-state index in [-0.39, 0.29) is 5.75 Å². The van der Waals surface area contributed by atoms with Crippen molar-refractivity contribution >= 4 is 23.6 Å². The van der Waals surface area contributed by atoms with E-state index in [0.717, 1.165) is 0 Å². The van der Waals surface area contributed by atoms with Crippen LogP contribution in [-0.4, -0.2) is 50.4 Å². The van der Waals surface area contributed by atoms with E-state index in [1.54, 1.807) is 0 Å². The topological polar surface area (TPSA) is 109 Å². The molecule has 3 N–H and O–H groups in total. The van der Waals surface area contributed by atoms with Crippen molar-refractivity contribution in [3.63, 3.8) is 0 Å². The van der Waals surface area contributed by atoms with Gasteiger partial charge in [0.15, 0.2) is 11.5 Å². The minimum absolute atomic E-state index is 0.249. The van der Waals surface area contributed by atoms with E-state index in [2.05, 4.69) is 5.32 Å². The fraction of sp³-hybridized carbons (Fsp3) is 0.429. The van der Waals surface area contributed by atoms with Gasteiger partial charge in [-0.3, -0.25) is 10.1 Å². The zero-order chi connectivity index (χ0) is 17.0. The maximum Gasteiger partial charge on any atom is 0.329 e. The van der Waals surface area contributed by atoms with Crippen molar-refractivity contribution in [3.05, 3.63) is 12.1 Å². The number of thioether (sulfide) groups is 1. The smallest absolute Gasteiger partial charge is 0.329 e. The molecule has 1 aliphatic rings. The van der Waals surface area contributed by atoms with Crippen molar-refractivity contribution in [1.82, 2.24) is 5.32 Å². The normalized spacial score (nSPS) is 20.0. The molecule has 23 heavy (non-hydrogen) atoms. The third kappa shape index (κ3) is 3.80. The van der Waals surface area contributed by atoms with E-state index in [0.29, 0.717) is 23.0 Å². The molecule has 0 aliphatic carbocycles. The zero-order valence-electron chi connectivity index (χ0n) is 13.0. The number of ether oxygens (including phenoxy) is 4. The summed E-state index contributed by atoms with van der Waals surface area (Å²) in [5, 5.41) is 2.23. The van der Waals surface area contributed by atoms with Crippen LogP contribution >= 0.6 is 11.8 Å². The minimum Gasteiger partial charge on any atom is -0.493 e. The summed E-state index contributed by atoms with van der Waals surface area (Å²) in [6, 6.07) is 2.43. The predicted octanol–water partition coefficient (Wildman–Crippen LogP) is 0.134. The molecule has 126 valence electrons. The van der Waals surface area contributed by atoms with Gasteiger partial charge in [-0.05, 0) is 0 Å². The van der Waals surface area contributed by atoms with E-state index in [4.69, 9.17) is 24.7 Å². The summed E-state index contributed by atoms with van der Waals surface area (Å²) in [7, 11) is 4.42. The first-order valence-electron chi connectivity index (χ1n) is 6.68. The van der Waals surface area contributed by atoms with Gasteiger partial charge in [-0.25, -0.2) is 4.79 Å². The molecule has 0 radical (unpaired) electrons. The molecule has 1 aromatic carbocycles. The fourth-order valence-corrected chi connectivity index (χ4v) is 3.12. The van der Waals surface area contributed by atoms with Crippen LogP contribution in [0.4, 0.5) is 0 Å². The molecule has 8 nitrogen and oxygen atoms in total. The van der Waals surface area contributed by atoms with Gasteiger partial charge in [0.1, 0.15) is 17.2 Å². The van der Waals surface area contributed by atoms with Crippen molar-refractivity contribution in [2.75, 3.05) is 27.1 Å². The number of primary amides is 1. The van der Waals surface area contributed by atoms with Crippen molar-refractivity contribution in [2.45, 2.75) is 11.4 Å². The maximum absolute atomic E-state index is 12.2. The van der Waals surface area contributed by atoms with E-state index in [9.17, 15) is 9.59 Å². The van der Waals surface area contributed by atoms with E-state index in [1.165, 1.54) is 45.2 Å². The van der Waals surface area contributed by atoms with Gasteiger partial charge in [-0.1, -0.05) is 0 Å². The number of hydrogen-bond acceptors (Lipinski definition) is 8. The molecule has 1 fully saturated rings. The highest BCUT2D eigenvalue weighted by Gasteiger charge is 2.34. The number of carbonyl (C=O) groups is 2. The number of benzene rings is 1. The fourth-order valence-electron chi connectivity index (χ4n) is 2.07. The van der Waals surface area contributed by atoms with Crippen LogP contribution in [0.5, 0.6) is 23.0 Å². The van der Waals surface area contributed by atoms with E-state index in [1.807, 2.05) is 0 Å². The quantitative estimate of drug-likeness (QED) is 0.555. The second-order valence-electron chi connectivity index (χ2n) is 4.62. The molecule has 1 heterocycles. The van der Waals surface area contributed by atoms with E-state index < -0.39 is 23.3 Å². The number of nitrogens with two attached hydrogens (primary N) is 1. The highest BCUT2D eigenvalue weighted by atomic mass is 32.2. The maximum atomic E-state index is 12.2. The number of esters is 1. The third-order valence-corrected chi connectivity index (χ3v) is 4.41. The second kappa shape index (κ2) is 7.42. The number of carbonyl (C=O) groups excluding carboxylic acids is 2. The Morgan fingerprint density at radius 3 is 2.22 bits per heavy atom. The molecule has 1 aromatic rings. The summed E-state index contributed by atoms with van der Waals surface area (Å²) in [5.74, 6) is 0.763. The molecule has 0 bridgehead atoms. The summed E-state index contributed by atoms with van der Waals surface area (Å²) in [6.45, 7) is 0. The van der Waals surface area contributed by atoms with Crippen LogP contribution in [0.2, 0.25) is 0 Å². The highest BCUT2D eigenvalue weighted by molar-refractivity contribution is 8.00. The molecule has 1 saturated heterocycles. The lowest BCUT2D eigenvalue weighted by Gasteiger charge is -2.15. The Kier molecular flexibility index (Phi) is 5.56. The lowest BCUT2D eigenvalue weighted by atomic mass is 10.2. The number of hydrogen-bond donors (Lipinski definition) is 2. The van der Waals surface area contributed by atoms with Gasteiger partial charge in [0.05, 0.1) is 21.3 Å². The van der Waals surface area contributed by atoms with Crippen molar-refractivity contribution in [3.8, 4) is 23.0 Å². The second-order valence-corrected chi connectivity index (χ2v) is 5.76. The van der Waals surface area contributed by atoms with Gasteiger partial charge in [-0.15, -0.1) is 11.8 Å². The largest absolute Gasteiger partial charge is 0.493 e. The number of rotatable bonds is 6. The average molecular weight is 342 g/mol. The Labute approximate surface area is 137 Å². The molecule has 0 aromatic heterocycles. The molecule has 2 rings (SSSR count). The molecular formula is C14H18N2O6S. The van der Waals surface area contributed by atoms with Crippen LogP contribution < -0.4 is 30.0 Å². The monoisotopic (exact) mass is 342 g/mol. The molecule has 0 saturated carbocycles. The lowest BCUT2D eigenvalue weighted by Crippen LogP contribution is -2.43. The molecule has 2 unspecified atom stereocenters. The van der Waals surface area contributed by atoms with Crippen LogP contribution in [0.15, 0.2) is 12.1 Å². The summed E-state index contributed by atoms with van der Waals surface area (Å²) >= 11 is 1.26. The van der Waals surface area contributed by atoms with Crippen molar-refractivity contribution in [1.29, 1.82) is 0 Å². The number of amides is 1. The number of nitrogens with one attached hydrogen (secondary N) is 1. The first-order valence-corrected chi connectivity index (χ1v) is 7.73. The summed E-state index contributed by atoms with van der Waals surface area (Å²) in [4.78, 5) is 23.3. The Morgan fingerprint density at radius 1 is 1.17 bits per heavy atom. The molecule has 2 atom stereocenters. The predicted molar refractivity (Wildman–Crippen MR) is 84.1 cm³/mol. The summed E-state index contributed by atoms with van der Waals surface area (Å²) in [5.41, 5.74) is 5.20. The Hall–Kier alpha value is -2.13. The summed E-state index contributed by atoms with van der Waals surface area (Å²) in [6.07, 6.45) is 0. The Morgan fingerprint density at radius 2 is 1.78 bits per heavy atom. The van der Waals surface area contributed by atoms with Crippen LogP contribution in [0.3, 0.4) is 0 Å². The van der Waals surface area contributed by atoms with Gasteiger partial charge in [0.25, 0.3) is 0 Å². The third-order valence-electron chi connectivity index (χ3n) is 3.18. The molecule has 1 aliphatic heterocycles. The van der Waals surface area contributed by atoms with Crippen molar-refractivity contribution < 1.29 is 28.5 Å². The standard InChI is InChI=1S/C14H18N2O6S/c1-19-9-4-7(5-10(20-2)11(9)21-3)22-14(18)8-6-23-13(16-8)12(15)17/h4-5,8,13,16H,6H2,1-3H3,(H2,15,17). The number of methoxy groups -OCH3 is 3. The zero-order valence-corrected chi connectivity index (χ0v) is 13.8. The van der Waals surface area contributed by atoms with Crippen LogP contribution in [0, 0.1) is 0 Å². The first-order chi connectivity index (χ1) is 11.0. The Balaban J connectivity index is 2.14. The van der Waals surface area contributed by atoms with Crippen molar-refractivity contribution in [2.24, 2.45) is 5.73 Å². The van der Waals surface area contributed by atoms with Crippen LogP contribution in [-0.2, 0) is 9.59 Å². The Bertz CT molecular complexity index is 584. The molecule has 1 amide bonds. The first kappa shape index (κ1) is 17.2. The van der Waals surface area contributed by atoms with E-state index >= 15 is 0 Å².